The van der Waals surface area contributed by atoms with Gasteiger partial charge in [-0.2, -0.15) is 0 Å². The normalized spacial score (nSPS) is 11.6. The largest absolute Gasteiger partial charge is 0.309 e. The molecule has 0 radical (unpaired) electrons. The first-order valence-electron chi connectivity index (χ1n) is 34.4. The zero-order valence-corrected chi connectivity index (χ0v) is 54.7. The van der Waals surface area contributed by atoms with Crippen molar-refractivity contribution in [3.8, 4) is 89.5 Å². The van der Waals surface area contributed by atoms with Crippen LogP contribution in [-0.2, 0) is 0 Å². The molecule has 20 aromatic rings. The van der Waals surface area contributed by atoms with Crippen molar-refractivity contribution >= 4 is 87.2 Å². The lowest BCUT2D eigenvalue weighted by Gasteiger charge is -2.14. The second kappa shape index (κ2) is 24.4. The number of benzene rings is 16. The van der Waals surface area contributed by atoms with E-state index in [1.54, 1.807) is 0 Å². The maximum Gasteiger partial charge on any atom is 0.0541 e. The second-order valence-electron chi connectivity index (χ2n) is 26.0. The Labute approximate surface area is 579 Å². The molecule has 0 unspecified atom stereocenters. The van der Waals surface area contributed by atoms with E-state index in [9.17, 15) is 0 Å². The standard InChI is InChI=1S/2C48H32N2/c1-3-14-33(15-4-1)35-18-13-19-38(30-35)49-45-24-11-8-21-40(45)42-31-36(26-28-47(42)49)37-27-29-48-43(32-37)41-22-9-12-25-46(41)50(48)44-23-10-7-20-39(44)34-16-5-2-6-17-34;1-3-13-33(14-4-1)35-17-11-19-39(29-35)49-45-23-9-7-21-41(45)43-31-37(25-27-47(43)49)38-26-28-48-44(32-38)42-22-8-10-24-46(42)50(48)40-20-12-18-36(30-40)34-15-5-2-6-16-34/h2*1-32H. The lowest BCUT2D eigenvalue weighted by Crippen LogP contribution is -1.97. The Balaban J connectivity index is 0.000000139. The fraction of sp³-hybridized carbons (Fsp3) is 0. The molecule has 0 aliphatic rings. The van der Waals surface area contributed by atoms with Gasteiger partial charge in [-0.1, -0.05) is 273 Å². The van der Waals surface area contributed by atoms with E-state index in [0.717, 1.165) is 17.1 Å². The topological polar surface area (TPSA) is 19.7 Å². The third-order valence-electron chi connectivity index (χ3n) is 20.2. The minimum Gasteiger partial charge on any atom is -0.309 e. The van der Waals surface area contributed by atoms with Gasteiger partial charge in [-0.05, 0) is 176 Å². The van der Waals surface area contributed by atoms with Crippen molar-refractivity contribution in [1.82, 2.24) is 18.3 Å². The lowest BCUT2D eigenvalue weighted by atomic mass is 10.0. The maximum absolute atomic E-state index is 2.43. The van der Waals surface area contributed by atoms with Crippen LogP contribution in [-0.4, -0.2) is 18.3 Å². The second-order valence-corrected chi connectivity index (χ2v) is 26.0. The molecule has 0 saturated heterocycles. The molecule has 4 heteroatoms. The Morgan fingerprint density at radius 1 is 0.130 bits per heavy atom. The van der Waals surface area contributed by atoms with E-state index in [-0.39, 0.29) is 0 Å². The summed E-state index contributed by atoms with van der Waals surface area (Å²) in [5.41, 5.74) is 28.9. The summed E-state index contributed by atoms with van der Waals surface area (Å²) in [5, 5.41) is 10.0. The summed E-state index contributed by atoms with van der Waals surface area (Å²) < 4.78 is 9.64. The third kappa shape index (κ3) is 10.00. The summed E-state index contributed by atoms with van der Waals surface area (Å²) in [6.07, 6.45) is 0. The zero-order chi connectivity index (χ0) is 66.0. The molecule has 0 amide bonds. The molecule has 20 rings (SSSR count). The molecule has 0 N–H and O–H groups in total. The number of para-hydroxylation sites is 5. The molecule has 16 aromatic carbocycles. The van der Waals surface area contributed by atoms with Crippen LogP contribution in [0.5, 0.6) is 0 Å². The van der Waals surface area contributed by atoms with Gasteiger partial charge in [0, 0.05) is 65.7 Å². The minimum atomic E-state index is 1.16. The molecule has 0 saturated carbocycles. The predicted octanol–water partition coefficient (Wildman–Crippen LogP) is 25.8. The molecule has 0 spiro atoms. The monoisotopic (exact) mass is 1270 g/mol. The zero-order valence-electron chi connectivity index (χ0n) is 54.7. The van der Waals surface area contributed by atoms with E-state index in [2.05, 4.69) is 407 Å². The molecule has 468 valence electrons. The summed E-state index contributed by atoms with van der Waals surface area (Å²) in [6, 6.07) is 141. The molecule has 0 fully saturated rings. The average Bonchev–Trinajstić information content (AvgIpc) is 1.61. The highest BCUT2D eigenvalue weighted by Gasteiger charge is 2.21. The summed E-state index contributed by atoms with van der Waals surface area (Å²) in [6.45, 7) is 0. The van der Waals surface area contributed by atoms with Crippen molar-refractivity contribution in [2.45, 2.75) is 0 Å². The Morgan fingerprint density at radius 3 is 0.710 bits per heavy atom. The summed E-state index contributed by atoms with van der Waals surface area (Å²) in [4.78, 5) is 0. The quantitative estimate of drug-likeness (QED) is 0.130. The highest BCUT2D eigenvalue weighted by molar-refractivity contribution is 6.15. The molecule has 100 heavy (non-hydrogen) atoms. The van der Waals surface area contributed by atoms with Crippen molar-refractivity contribution in [3.05, 3.63) is 388 Å². The van der Waals surface area contributed by atoms with Gasteiger partial charge < -0.3 is 18.3 Å². The van der Waals surface area contributed by atoms with Gasteiger partial charge >= 0.3 is 0 Å². The first-order chi connectivity index (χ1) is 49.6. The van der Waals surface area contributed by atoms with Crippen LogP contribution in [0, 0.1) is 0 Å². The van der Waals surface area contributed by atoms with Crippen LogP contribution in [0.3, 0.4) is 0 Å². The molecule has 0 bridgehead atoms. The van der Waals surface area contributed by atoms with Crippen LogP contribution in [0.4, 0.5) is 0 Å². The van der Waals surface area contributed by atoms with Gasteiger partial charge in [0.05, 0.1) is 49.8 Å². The number of hydrogen-bond acceptors (Lipinski definition) is 0. The SMILES string of the molecule is c1ccc(-c2cccc(-n3c4ccccc4c4cc(-c5ccc6c(c5)c5ccccc5n6-c5cccc(-c6ccccc6)c5)ccc43)c2)cc1.c1ccc(-c2cccc(-n3c4ccccc4c4cc(-c5ccc6c(c5)c5ccccc5n6-c5ccccc5-c5ccccc5)ccc43)c2)cc1. The summed E-state index contributed by atoms with van der Waals surface area (Å²) >= 11 is 0. The van der Waals surface area contributed by atoms with Gasteiger partial charge in [-0.15, -0.1) is 0 Å². The molecule has 4 heterocycles. The number of hydrogen-bond donors (Lipinski definition) is 0. The Hall–Kier alpha value is -13.3. The van der Waals surface area contributed by atoms with Crippen LogP contribution in [0.2, 0.25) is 0 Å². The van der Waals surface area contributed by atoms with E-state index < -0.39 is 0 Å². The maximum atomic E-state index is 2.43. The van der Waals surface area contributed by atoms with Crippen LogP contribution < -0.4 is 0 Å². The van der Waals surface area contributed by atoms with Crippen LogP contribution in [0.15, 0.2) is 388 Å². The van der Waals surface area contributed by atoms with Crippen molar-refractivity contribution < 1.29 is 0 Å². The van der Waals surface area contributed by atoms with Crippen LogP contribution >= 0.6 is 0 Å². The van der Waals surface area contributed by atoms with Gasteiger partial charge in [0.2, 0.25) is 0 Å². The van der Waals surface area contributed by atoms with Gasteiger partial charge in [0.15, 0.2) is 0 Å². The highest BCUT2D eigenvalue weighted by Crippen LogP contribution is 2.43. The number of rotatable bonds is 10. The van der Waals surface area contributed by atoms with Gasteiger partial charge in [-0.25, -0.2) is 0 Å². The van der Waals surface area contributed by atoms with Crippen molar-refractivity contribution in [3.63, 3.8) is 0 Å². The predicted molar refractivity (Wildman–Crippen MR) is 423 cm³/mol. The van der Waals surface area contributed by atoms with E-state index in [0.29, 0.717) is 0 Å². The highest BCUT2D eigenvalue weighted by atomic mass is 15.0. The summed E-state index contributed by atoms with van der Waals surface area (Å²) in [7, 11) is 0. The van der Waals surface area contributed by atoms with Crippen LogP contribution in [0.25, 0.3) is 177 Å². The average molecular weight is 1270 g/mol. The minimum absolute atomic E-state index is 1.16. The number of nitrogens with zero attached hydrogens (tertiary/aromatic N) is 4. The van der Waals surface area contributed by atoms with Crippen molar-refractivity contribution in [1.29, 1.82) is 0 Å². The molecule has 0 atom stereocenters. The van der Waals surface area contributed by atoms with Gasteiger partial charge in [0.25, 0.3) is 0 Å². The Morgan fingerprint density at radius 2 is 0.370 bits per heavy atom. The first kappa shape index (κ1) is 58.1. The first-order valence-corrected chi connectivity index (χ1v) is 34.4. The molecular formula is C96H64N4. The number of fused-ring (bicyclic) bond motifs is 12. The molecule has 4 aromatic heterocycles. The summed E-state index contributed by atoms with van der Waals surface area (Å²) in [5.74, 6) is 0. The van der Waals surface area contributed by atoms with Gasteiger partial charge in [0.1, 0.15) is 0 Å². The van der Waals surface area contributed by atoms with Crippen molar-refractivity contribution in [2.24, 2.45) is 0 Å². The molecular weight excluding hydrogens is 1210 g/mol. The molecule has 0 aliphatic heterocycles. The number of aromatic nitrogens is 4. The smallest absolute Gasteiger partial charge is 0.0541 e. The van der Waals surface area contributed by atoms with E-state index in [4.69, 9.17) is 0 Å². The molecule has 0 aliphatic carbocycles. The fourth-order valence-corrected chi connectivity index (χ4v) is 15.6. The molecule has 4 nitrogen and oxygen atoms in total. The van der Waals surface area contributed by atoms with Gasteiger partial charge in [-0.3, -0.25) is 0 Å². The van der Waals surface area contributed by atoms with Crippen LogP contribution in [0.1, 0.15) is 0 Å². The third-order valence-corrected chi connectivity index (χ3v) is 20.2. The Bertz CT molecular complexity index is 6310. The lowest BCUT2D eigenvalue weighted by molar-refractivity contribution is 1.18. The van der Waals surface area contributed by atoms with Crippen molar-refractivity contribution in [2.75, 3.05) is 0 Å². The van der Waals surface area contributed by atoms with E-state index in [1.165, 1.54) is 160 Å². The van der Waals surface area contributed by atoms with E-state index >= 15 is 0 Å². The van der Waals surface area contributed by atoms with E-state index in [1.807, 2.05) is 0 Å². The Kier molecular flexibility index (Phi) is 14.2. The fourth-order valence-electron chi connectivity index (χ4n) is 15.6.